The molecule has 1 atom stereocenters. The monoisotopic (exact) mass is 399 g/mol. The van der Waals surface area contributed by atoms with Gasteiger partial charge in [0.05, 0.1) is 39.6 Å². The van der Waals surface area contributed by atoms with Gasteiger partial charge in [-0.25, -0.2) is 0 Å². The third-order valence-corrected chi connectivity index (χ3v) is 2.74. The summed E-state index contributed by atoms with van der Waals surface area (Å²) < 4.78 is 26.4. The molecule has 0 spiro atoms. The lowest BCUT2D eigenvalue weighted by Crippen LogP contribution is -2.33. The molecule has 0 aromatic carbocycles. The van der Waals surface area contributed by atoms with Gasteiger partial charge in [0.2, 0.25) is 5.91 Å². The Balaban J connectivity index is -0.000000403. The molecular formula is C20H49NO6. The van der Waals surface area contributed by atoms with Gasteiger partial charge in [-0.2, -0.15) is 0 Å². The normalized spacial score (nSPS) is 11.1. The Morgan fingerprint density at radius 3 is 1.89 bits per heavy atom. The Hall–Kier alpha value is -0.730. The molecule has 7 heteroatoms. The Labute approximate surface area is 169 Å². The number of methoxy groups -OCH3 is 2. The van der Waals surface area contributed by atoms with Crippen molar-refractivity contribution in [3.63, 3.8) is 0 Å². The van der Waals surface area contributed by atoms with Gasteiger partial charge in [-0.05, 0) is 5.41 Å². The zero-order chi connectivity index (χ0) is 17.6. The van der Waals surface area contributed by atoms with Gasteiger partial charge in [-0.1, -0.05) is 50.5 Å². The van der Waals surface area contributed by atoms with Crippen molar-refractivity contribution in [2.24, 2.45) is 5.41 Å². The molecule has 27 heavy (non-hydrogen) atoms. The Morgan fingerprint density at radius 1 is 0.852 bits per heavy atom. The summed E-state index contributed by atoms with van der Waals surface area (Å²) in [5, 5.41) is 2.74. The first-order valence-corrected chi connectivity index (χ1v) is 7.90. The number of hydrogen-bond donors (Lipinski definition) is 1. The Kier molecular flexibility index (Phi) is 32.0. The molecule has 0 heterocycles. The summed E-state index contributed by atoms with van der Waals surface area (Å²) in [6, 6.07) is 0. The summed E-state index contributed by atoms with van der Waals surface area (Å²) in [6.45, 7) is 8.98. The van der Waals surface area contributed by atoms with E-state index in [1.165, 1.54) is 0 Å². The van der Waals surface area contributed by atoms with Gasteiger partial charge < -0.3 is 29.0 Å². The van der Waals surface area contributed by atoms with Gasteiger partial charge in [-0.3, -0.25) is 4.79 Å². The predicted molar refractivity (Wildman–Crippen MR) is 114 cm³/mol. The summed E-state index contributed by atoms with van der Waals surface area (Å²) in [7, 11) is 3.24. The number of carbonyl (C=O) groups is 1. The van der Waals surface area contributed by atoms with Crippen molar-refractivity contribution in [1.29, 1.82) is 0 Å². The molecule has 0 fully saturated rings. The molecule has 1 amide bonds. The molecule has 1 unspecified atom stereocenters. The highest BCUT2D eigenvalue weighted by atomic mass is 16.6. The highest BCUT2D eigenvalue weighted by molar-refractivity contribution is 5.76. The van der Waals surface area contributed by atoms with E-state index in [1.807, 2.05) is 20.8 Å². The number of rotatable bonds is 14. The molecule has 1 N–H and O–H groups in total. The first kappa shape index (κ1) is 37.1. The van der Waals surface area contributed by atoms with Gasteiger partial charge >= 0.3 is 0 Å². The van der Waals surface area contributed by atoms with Gasteiger partial charge in [0.15, 0.2) is 0 Å². The molecule has 0 aliphatic carbocycles. The van der Waals surface area contributed by atoms with Gasteiger partial charge in [0.25, 0.3) is 0 Å². The lowest BCUT2D eigenvalue weighted by Gasteiger charge is -2.19. The van der Waals surface area contributed by atoms with Gasteiger partial charge in [-0.15, -0.1) is 0 Å². The molecule has 0 rings (SSSR count). The topological polar surface area (TPSA) is 75.2 Å². The third kappa shape index (κ3) is 27.6. The van der Waals surface area contributed by atoms with Gasteiger partial charge in [0.1, 0.15) is 12.8 Å². The molecular weight excluding hydrogens is 350 g/mol. The highest BCUT2D eigenvalue weighted by Gasteiger charge is 2.16. The maximum atomic E-state index is 11.7. The van der Waals surface area contributed by atoms with Crippen LogP contribution in [-0.4, -0.2) is 72.6 Å². The van der Waals surface area contributed by atoms with Crippen molar-refractivity contribution in [1.82, 2.24) is 5.32 Å². The van der Waals surface area contributed by atoms with Crippen molar-refractivity contribution >= 4 is 5.91 Å². The van der Waals surface area contributed by atoms with Crippen LogP contribution in [0.3, 0.4) is 0 Å². The number of hydrogen-bond acceptors (Lipinski definition) is 6. The second-order valence-corrected chi connectivity index (χ2v) is 6.41. The number of carbonyl (C=O) groups excluding carboxylic acids is 1. The van der Waals surface area contributed by atoms with Crippen molar-refractivity contribution < 1.29 is 28.5 Å². The summed E-state index contributed by atoms with van der Waals surface area (Å²) >= 11 is 0. The SMILES string of the molecule is C.C.C.C.COCCOCC(COCNC(=O)CC(C)(C)C)OCCOC. The molecule has 0 aromatic heterocycles. The average Bonchev–Trinajstić information content (AvgIpc) is 2.45. The molecule has 0 aliphatic heterocycles. The molecule has 0 saturated carbocycles. The molecule has 0 aliphatic rings. The smallest absolute Gasteiger partial charge is 0.222 e. The van der Waals surface area contributed by atoms with E-state index in [0.29, 0.717) is 46.1 Å². The molecule has 0 aromatic rings. The quantitative estimate of drug-likeness (QED) is 0.354. The molecule has 0 bridgehead atoms. The molecule has 0 saturated heterocycles. The summed E-state index contributed by atoms with van der Waals surface area (Å²) in [5.74, 6) is -0.0225. The Bertz CT molecular complexity index is 295. The maximum absolute atomic E-state index is 11.7. The van der Waals surface area contributed by atoms with E-state index in [2.05, 4.69) is 5.32 Å². The molecule has 170 valence electrons. The maximum Gasteiger partial charge on any atom is 0.222 e. The van der Waals surface area contributed by atoms with Crippen molar-refractivity contribution in [3.8, 4) is 0 Å². The fourth-order valence-corrected chi connectivity index (χ4v) is 1.67. The zero-order valence-corrected chi connectivity index (χ0v) is 15.2. The fourth-order valence-electron chi connectivity index (χ4n) is 1.67. The number of amides is 1. The van der Waals surface area contributed by atoms with Crippen LogP contribution in [0.2, 0.25) is 0 Å². The van der Waals surface area contributed by atoms with Crippen LogP contribution in [0.4, 0.5) is 0 Å². The van der Waals surface area contributed by atoms with E-state index in [1.54, 1.807) is 14.2 Å². The second-order valence-electron chi connectivity index (χ2n) is 6.41. The Morgan fingerprint density at radius 2 is 1.37 bits per heavy atom. The van der Waals surface area contributed by atoms with E-state index in [-0.39, 0.29) is 53.9 Å². The minimum atomic E-state index is -0.207. The van der Waals surface area contributed by atoms with Crippen LogP contribution >= 0.6 is 0 Å². The van der Waals surface area contributed by atoms with Gasteiger partial charge in [0, 0.05) is 20.6 Å². The molecule has 7 nitrogen and oxygen atoms in total. The fraction of sp³-hybridized carbons (Fsp3) is 0.950. The molecule has 0 radical (unpaired) electrons. The predicted octanol–water partition coefficient (Wildman–Crippen LogP) is 3.75. The second kappa shape index (κ2) is 23.3. The lowest BCUT2D eigenvalue weighted by molar-refractivity contribution is -0.125. The van der Waals surface area contributed by atoms with E-state index in [0.717, 1.165) is 0 Å². The van der Waals surface area contributed by atoms with E-state index < -0.39 is 0 Å². The third-order valence-electron chi connectivity index (χ3n) is 2.74. The van der Waals surface area contributed by atoms with E-state index in [9.17, 15) is 4.79 Å². The standard InChI is InChI=1S/C16H33NO6.4CH4/c1-16(2,3)10-15(18)17-13-22-12-14(23-9-7-20-5)11-21-8-6-19-4;;;;/h14H,6-13H2,1-5H3,(H,17,18);4*1H4. The lowest BCUT2D eigenvalue weighted by atomic mass is 9.92. The van der Waals surface area contributed by atoms with Crippen molar-refractivity contribution in [3.05, 3.63) is 0 Å². The minimum absolute atomic E-state index is 0. The minimum Gasteiger partial charge on any atom is -0.382 e. The van der Waals surface area contributed by atoms with E-state index in [4.69, 9.17) is 23.7 Å². The van der Waals surface area contributed by atoms with Crippen LogP contribution in [0.5, 0.6) is 0 Å². The van der Waals surface area contributed by atoms with Crippen LogP contribution in [0, 0.1) is 5.41 Å². The van der Waals surface area contributed by atoms with Crippen molar-refractivity contribution in [2.45, 2.75) is 63.0 Å². The summed E-state index contributed by atoms with van der Waals surface area (Å²) in [5.41, 5.74) is -0.0366. The number of nitrogens with one attached hydrogen (secondary N) is 1. The summed E-state index contributed by atoms with van der Waals surface area (Å²) in [4.78, 5) is 11.7. The van der Waals surface area contributed by atoms with Crippen LogP contribution in [-0.2, 0) is 28.5 Å². The van der Waals surface area contributed by atoms with Crippen LogP contribution in [0.25, 0.3) is 0 Å². The number of ether oxygens (including phenoxy) is 5. The largest absolute Gasteiger partial charge is 0.382 e. The zero-order valence-electron chi connectivity index (χ0n) is 15.2. The van der Waals surface area contributed by atoms with Crippen LogP contribution in [0.15, 0.2) is 0 Å². The van der Waals surface area contributed by atoms with Crippen LogP contribution < -0.4 is 5.32 Å². The summed E-state index contributed by atoms with van der Waals surface area (Å²) in [6.07, 6.45) is 0.256. The van der Waals surface area contributed by atoms with Crippen LogP contribution in [0.1, 0.15) is 56.9 Å². The first-order valence-electron chi connectivity index (χ1n) is 7.90. The van der Waals surface area contributed by atoms with Crippen molar-refractivity contribution in [2.75, 3.05) is 60.6 Å². The highest BCUT2D eigenvalue weighted by Crippen LogP contribution is 2.17. The van der Waals surface area contributed by atoms with E-state index >= 15 is 0 Å². The first-order chi connectivity index (χ1) is 10.9. The average molecular weight is 400 g/mol.